The smallest absolute Gasteiger partial charge is 0.234 e. The van der Waals surface area contributed by atoms with Crippen LogP contribution in [-0.4, -0.2) is 11.7 Å². The first-order chi connectivity index (χ1) is 14.5. The molecule has 1 N–H and O–H groups in total. The fraction of sp³-hybridized carbons (Fsp3) is 0.296. The molecule has 0 fully saturated rings. The van der Waals surface area contributed by atoms with Crippen molar-refractivity contribution >= 4 is 23.4 Å². The van der Waals surface area contributed by atoms with Gasteiger partial charge in [0, 0.05) is 5.69 Å². The van der Waals surface area contributed by atoms with Gasteiger partial charge in [0.25, 0.3) is 0 Å². The summed E-state index contributed by atoms with van der Waals surface area (Å²) in [6, 6.07) is 27.1. The summed E-state index contributed by atoms with van der Waals surface area (Å²) in [7, 11) is 0. The molecule has 3 aromatic rings. The third-order valence-electron chi connectivity index (χ3n) is 5.22. The van der Waals surface area contributed by atoms with Gasteiger partial charge >= 0.3 is 0 Å². The number of amides is 1. The van der Waals surface area contributed by atoms with E-state index in [4.69, 9.17) is 0 Å². The van der Waals surface area contributed by atoms with E-state index in [1.54, 1.807) is 11.8 Å². The number of para-hydroxylation sites is 1. The van der Waals surface area contributed by atoms with Crippen LogP contribution in [0.2, 0.25) is 0 Å². The Morgan fingerprint density at radius 1 is 0.733 bits per heavy atom. The molecule has 0 heterocycles. The van der Waals surface area contributed by atoms with E-state index in [9.17, 15) is 4.79 Å². The molecule has 1 amide bonds. The molecule has 2 nitrogen and oxygen atoms in total. The molecule has 0 spiro atoms. The summed E-state index contributed by atoms with van der Waals surface area (Å²) in [6.07, 6.45) is 0. The molecule has 30 heavy (non-hydrogen) atoms. The number of hydrogen-bond donors (Lipinski definition) is 1. The summed E-state index contributed by atoms with van der Waals surface area (Å²) < 4.78 is 0. The van der Waals surface area contributed by atoms with E-state index in [-0.39, 0.29) is 11.2 Å². The molecule has 0 radical (unpaired) electrons. The average molecular weight is 418 g/mol. The molecular formula is C27H31NOS. The highest BCUT2D eigenvalue weighted by molar-refractivity contribution is 8.00. The summed E-state index contributed by atoms with van der Waals surface area (Å²) in [5.74, 6) is 1.16. The molecule has 0 aliphatic carbocycles. The molecule has 156 valence electrons. The van der Waals surface area contributed by atoms with Gasteiger partial charge in [0.05, 0.1) is 11.0 Å². The summed E-state index contributed by atoms with van der Waals surface area (Å²) >= 11 is 1.67. The normalized spacial score (nSPS) is 11.3. The number of carbonyl (C=O) groups excluding carboxylic acids is 1. The van der Waals surface area contributed by atoms with E-state index in [0.717, 1.165) is 5.69 Å². The molecule has 0 aliphatic heterocycles. The van der Waals surface area contributed by atoms with Crippen LogP contribution >= 0.6 is 11.8 Å². The molecular weight excluding hydrogens is 386 g/mol. The Hall–Kier alpha value is -2.52. The van der Waals surface area contributed by atoms with Crippen LogP contribution in [0.3, 0.4) is 0 Å². The van der Waals surface area contributed by atoms with E-state index in [2.05, 4.69) is 99.7 Å². The summed E-state index contributed by atoms with van der Waals surface area (Å²) in [5, 5.41) is 3.37. The predicted octanol–water partition coefficient (Wildman–Crippen LogP) is 7.39. The molecule has 0 saturated heterocycles. The fourth-order valence-corrected chi connectivity index (χ4v) is 4.76. The molecule has 3 aromatic carbocycles. The first-order valence-electron chi connectivity index (χ1n) is 10.6. The fourth-order valence-electron chi connectivity index (χ4n) is 3.67. The van der Waals surface area contributed by atoms with Crippen LogP contribution < -0.4 is 5.32 Å². The van der Waals surface area contributed by atoms with Gasteiger partial charge in [-0.1, -0.05) is 107 Å². The number of thioether (sulfide) groups is 1. The van der Waals surface area contributed by atoms with Crippen molar-refractivity contribution < 1.29 is 4.79 Å². The van der Waals surface area contributed by atoms with E-state index in [1.807, 2.05) is 12.1 Å². The first-order valence-corrected chi connectivity index (χ1v) is 11.7. The van der Waals surface area contributed by atoms with Crippen LogP contribution in [0.15, 0.2) is 78.9 Å². The quantitative estimate of drug-likeness (QED) is 0.414. The Labute approximate surface area is 185 Å². The third kappa shape index (κ3) is 5.54. The summed E-state index contributed by atoms with van der Waals surface area (Å²) in [4.78, 5) is 13.0. The second-order valence-corrected chi connectivity index (χ2v) is 9.27. The number of anilines is 1. The molecule has 0 atom stereocenters. The van der Waals surface area contributed by atoms with Gasteiger partial charge in [0.1, 0.15) is 0 Å². The highest BCUT2D eigenvalue weighted by Gasteiger charge is 2.19. The van der Waals surface area contributed by atoms with E-state index < -0.39 is 0 Å². The second-order valence-electron chi connectivity index (χ2n) is 8.18. The number of nitrogens with one attached hydrogen (secondary N) is 1. The Morgan fingerprint density at radius 3 is 1.63 bits per heavy atom. The Balaban J connectivity index is 1.79. The molecule has 0 saturated carbocycles. The molecule has 3 heteroatoms. The summed E-state index contributed by atoms with van der Waals surface area (Å²) in [5.41, 5.74) is 5.81. The molecule has 0 aliphatic rings. The Bertz CT molecular complexity index is 885. The highest BCUT2D eigenvalue weighted by atomic mass is 32.2. The summed E-state index contributed by atoms with van der Waals surface area (Å²) in [6.45, 7) is 8.69. The minimum absolute atomic E-state index is 0.0480. The van der Waals surface area contributed by atoms with E-state index >= 15 is 0 Å². The molecule has 0 aromatic heterocycles. The lowest BCUT2D eigenvalue weighted by Crippen LogP contribution is -2.18. The molecule has 3 rings (SSSR count). The van der Waals surface area contributed by atoms with Gasteiger partial charge in [-0.25, -0.2) is 0 Å². The molecule has 0 unspecified atom stereocenters. The highest BCUT2D eigenvalue weighted by Crippen LogP contribution is 2.36. The van der Waals surface area contributed by atoms with E-state index in [1.165, 1.54) is 22.3 Å². The van der Waals surface area contributed by atoms with Gasteiger partial charge in [-0.05, 0) is 34.1 Å². The third-order valence-corrected chi connectivity index (χ3v) is 6.53. The van der Waals surface area contributed by atoms with Crippen LogP contribution in [0, 0.1) is 0 Å². The van der Waals surface area contributed by atoms with Gasteiger partial charge in [-0.15, -0.1) is 11.8 Å². The lowest BCUT2D eigenvalue weighted by Gasteiger charge is -2.21. The van der Waals surface area contributed by atoms with Crippen molar-refractivity contribution in [3.8, 4) is 0 Å². The standard InChI is InChI=1S/C27H31NOS/c1-19(2)23-16-11-17-24(20(3)4)26(23)28-25(29)18-30-27(21-12-7-5-8-13-21)22-14-9-6-10-15-22/h5-17,19-20,27H,18H2,1-4H3,(H,28,29). The van der Waals surface area contributed by atoms with Crippen LogP contribution in [-0.2, 0) is 4.79 Å². The topological polar surface area (TPSA) is 29.1 Å². The zero-order valence-corrected chi connectivity index (χ0v) is 19.1. The maximum Gasteiger partial charge on any atom is 0.234 e. The Kier molecular flexibility index (Phi) is 7.75. The second kappa shape index (κ2) is 10.5. The number of carbonyl (C=O) groups is 1. The van der Waals surface area contributed by atoms with Crippen molar-refractivity contribution in [2.24, 2.45) is 0 Å². The minimum atomic E-state index is 0.0480. The minimum Gasteiger partial charge on any atom is -0.325 e. The number of benzene rings is 3. The SMILES string of the molecule is CC(C)c1cccc(C(C)C)c1NC(=O)CSC(c1ccccc1)c1ccccc1. The largest absolute Gasteiger partial charge is 0.325 e. The van der Waals surface area contributed by atoms with Gasteiger partial charge < -0.3 is 5.32 Å². The predicted molar refractivity (Wildman–Crippen MR) is 130 cm³/mol. The van der Waals surface area contributed by atoms with Crippen molar-refractivity contribution in [1.29, 1.82) is 0 Å². The van der Waals surface area contributed by atoms with Crippen molar-refractivity contribution in [1.82, 2.24) is 0 Å². The zero-order chi connectivity index (χ0) is 21.5. The van der Waals surface area contributed by atoms with Crippen LogP contribution in [0.5, 0.6) is 0 Å². The number of hydrogen-bond acceptors (Lipinski definition) is 2. The van der Waals surface area contributed by atoms with Gasteiger partial charge in [0.15, 0.2) is 0 Å². The Morgan fingerprint density at radius 2 is 1.20 bits per heavy atom. The van der Waals surface area contributed by atoms with E-state index in [0.29, 0.717) is 17.6 Å². The van der Waals surface area contributed by atoms with Gasteiger partial charge in [-0.2, -0.15) is 0 Å². The first kappa shape index (κ1) is 22.2. The van der Waals surface area contributed by atoms with Crippen molar-refractivity contribution in [2.45, 2.75) is 44.8 Å². The van der Waals surface area contributed by atoms with Gasteiger partial charge in [-0.3, -0.25) is 4.79 Å². The lowest BCUT2D eigenvalue weighted by atomic mass is 9.92. The van der Waals surface area contributed by atoms with Crippen LogP contribution in [0.4, 0.5) is 5.69 Å². The average Bonchev–Trinajstić information content (AvgIpc) is 2.75. The number of rotatable bonds is 8. The van der Waals surface area contributed by atoms with Crippen molar-refractivity contribution in [3.05, 3.63) is 101 Å². The molecule has 0 bridgehead atoms. The van der Waals surface area contributed by atoms with Crippen molar-refractivity contribution in [2.75, 3.05) is 11.1 Å². The van der Waals surface area contributed by atoms with Crippen LogP contribution in [0.1, 0.15) is 67.0 Å². The maximum absolute atomic E-state index is 13.0. The van der Waals surface area contributed by atoms with Crippen LogP contribution in [0.25, 0.3) is 0 Å². The zero-order valence-electron chi connectivity index (χ0n) is 18.3. The van der Waals surface area contributed by atoms with Gasteiger partial charge in [0.2, 0.25) is 5.91 Å². The maximum atomic E-state index is 13.0. The lowest BCUT2D eigenvalue weighted by molar-refractivity contribution is -0.113. The monoisotopic (exact) mass is 417 g/mol. The van der Waals surface area contributed by atoms with Crippen molar-refractivity contribution in [3.63, 3.8) is 0 Å².